The summed E-state index contributed by atoms with van der Waals surface area (Å²) in [6, 6.07) is 4.77. The first-order valence-electron chi connectivity index (χ1n) is 5.18. The second kappa shape index (κ2) is 4.66. The van der Waals surface area contributed by atoms with Crippen LogP contribution in [0.2, 0.25) is 5.02 Å². The van der Waals surface area contributed by atoms with Crippen molar-refractivity contribution in [2.45, 2.75) is 6.92 Å². The Morgan fingerprint density at radius 1 is 1.56 bits per heavy atom. The average Bonchev–Trinajstić information content (AvgIpc) is 2.70. The Morgan fingerprint density at radius 2 is 2.28 bits per heavy atom. The number of aromatic amines is 1. The predicted octanol–water partition coefficient (Wildman–Crippen LogP) is 2.91. The number of benzene rings is 1. The Hall–Kier alpha value is -2.08. The lowest BCUT2D eigenvalue weighted by Crippen LogP contribution is -2.07. The number of nitrogens with one attached hydrogen (secondary N) is 1. The average molecular weight is 269 g/mol. The molecule has 94 valence electrons. The number of fused-ring (bicyclic) bond motifs is 1. The molecule has 0 spiro atoms. The van der Waals surface area contributed by atoms with Crippen LogP contribution in [0.3, 0.4) is 0 Å². The summed E-state index contributed by atoms with van der Waals surface area (Å²) in [5.74, 6) is -0.767. The highest BCUT2D eigenvalue weighted by atomic mass is 35.5. The number of halogens is 1. The van der Waals surface area contributed by atoms with E-state index in [9.17, 15) is 14.9 Å². The first-order valence-corrected chi connectivity index (χ1v) is 5.55. The fourth-order valence-electron chi connectivity index (χ4n) is 1.72. The number of hydrogen-bond acceptors (Lipinski definition) is 4. The number of carbonyl (C=O) groups excluding carboxylic acids is 1. The van der Waals surface area contributed by atoms with Crippen molar-refractivity contribution in [2.24, 2.45) is 0 Å². The molecule has 1 heterocycles. The molecule has 0 bridgehead atoms. The standard InChI is InChI=1S/C11H9ClN2O4/c1-2-18-11(15)9-10(14(16)17)8-6(12)4-3-5-7(8)13-9/h3-5,13H,2H2,1H3. The van der Waals surface area contributed by atoms with Crippen LogP contribution in [0.15, 0.2) is 18.2 Å². The molecule has 2 rings (SSSR count). The van der Waals surface area contributed by atoms with Crippen LogP contribution < -0.4 is 0 Å². The summed E-state index contributed by atoms with van der Waals surface area (Å²) in [5, 5.41) is 11.5. The van der Waals surface area contributed by atoms with Gasteiger partial charge >= 0.3 is 11.7 Å². The van der Waals surface area contributed by atoms with Crippen LogP contribution >= 0.6 is 11.6 Å². The van der Waals surface area contributed by atoms with Crippen molar-refractivity contribution in [1.82, 2.24) is 4.98 Å². The van der Waals surface area contributed by atoms with Crippen LogP contribution in [0.4, 0.5) is 5.69 Å². The minimum absolute atomic E-state index is 0.138. The van der Waals surface area contributed by atoms with Gasteiger partial charge in [0.05, 0.1) is 27.5 Å². The lowest BCUT2D eigenvalue weighted by Gasteiger charge is -1.98. The molecule has 0 aliphatic rings. The fourth-order valence-corrected chi connectivity index (χ4v) is 1.99. The van der Waals surface area contributed by atoms with E-state index in [0.717, 1.165) is 0 Å². The summed E-state index contributed by atoms with van der Waals surface area (Å²) in [7, 11) is 0. The number of rotatable bonds is 3. The first kappa shape index (κ1) is 12.4. The molecule has 0 saturated heterocycles. The van der Waals surface area contributed by atoms with Crippen molar-refractivity contribution in [3.8, 4) is 0 Å². The van der Waals surface area contributed by atoms with Crippen LogP contribution in [0.25, 0.3) is 10.9 Å². The van der Waals surface area contributed by atoms with Gasteiger partial charge in [0.25, 0.3) is 0 Å². The maximum atomic E-state index is 11.6. The highest BCUT2D eigenvalue weighted by molar-refractivity contribution is 6.36. The molecule has 0 aliphatic heterocycles. The molecule has 1 aromatic heterocycles. The molecule has 0 unspecified atom stereocenters. The lowest BCUT2D eigenvalue weighted by molar-refractivity contribution is -0.383. The predicted molar refractivity (Wildman–Crippen MR) is 65.9 cm³/mol. The molecule has 0 radical (unpaired) electrons. The van der Waals surface area contributed by atoms with Gasteiger partial charge in [-0.15, -0.1) is 0 Å². The van der Waals surface area contributed by atoms with Crippen molar-refractivity contribution in [2.75, 3.05) is 6.61 Å². The smallest absolute Gasteiger partial charge is 0.362 e. The molecule has 0 saturated carbocycles. The minimum Gasteiger partial charge on any atom is -0.461 e. The van der Waals surface area contributed by atoms with Gasteiger partial charge in [0.1, 0.15) is 0 Å². The van der Waals surface area contributed by atoms with Gasteiger partial charge in [-0.25, -0.2) is 4.79 Å². The Labute approximate surface area is 107 Å². The highest BCUT2D eigenvalue weighted by Crippen LogP contribution is 2.35. The van der Waals surface area contributed by atoms with Crippen LogP contribution in [0.5, 0.6) is 0 Å². The summed E-state index contributed by atoms with van der Waals surface area (Å²) < 4.78 is 4.77. The summed E-state index contributed by atoms with van der Waals surface area (Å²) in [5.41, 5.74) is -0.115. The van der Waals surface area contributed by atoms with Gasteiger partial charge in [-0.05, 0) is 19.1 Å². The van der Waals surface area contributed by atoms with Crippen LogP contribution in [0.1, 0.15) is 17.4 Å². The van der Waals surface area contributed by atoms with Crippen molar-refractivity contribution < 1.29 is 14.5 Å². The minimum atomic E-state index is -0.767. The summed E-state index contributed by atoms with van der Waals surface area (Å²) >= 11 is 5.92. The number of ether oxygens (including phenoxy) is 1. The zero-order valence-electron chi connectivity index (χ0n) is 9.40. The summed E-state index contributed by atoms with van der Waals surface area (Å²) in [6.07, 6.45) is 0. The zero-order valence-corrected chi connectivity index (χ0v) is 10.2. The highest BCUT2D eigenvalue weighted by Gasteiger charge is 2.29. The molecule has 1 N–H and O–H groups in total. The second-order valence-electron chi connectivity index (χ2n) is 3.49. The van der Waals surface area contributed by atoms with E-state index in [-0.39, 0.29) is 28.4 Å². The van der Waals surface area contributed by atoms with Crippen molar-refractivity contribution in [3.63, 3.8) is 0 Å². The molecular weight excluding hydrogens is 260 g/mol. The third-order valence-electron chi connectivity index (χ3n) is 2.41. The fraction of sp³-hybridized carbons (Fsp3) is 0.182. The van der Waals surface area contributed by atoms with Gasteiger partial charge in [0.2, 0.25) is 5.69 Å². The Morgan fingerprint density at radius 3 is 2.89 bits per heavy atom. The molecule has 0 amide bonds. The number of esters is 1. The van der Waals surface area contributed by atoms with E-state index >= 15 is 0 Å². The largest absolute Gasteiger partial charge is 0.461 e. The van der Waals surface area contributed by atoms with E-state index in [1.54, 1.807) is 19.1 Å². The van der Waals surface area contributed by atoms with E-state index in [1.165, 1.54) is 6.07 Å². The first-order chi connectivity index (χ1) is 8.56. The molecule has 1 aromatic carbocycles. The van der Waals surface area contributed by atoms with Crippen molar-refractivity contribution in [1.29, 1.82) is 0 Å². The van der Waals surface area contributed by atoms with Gasteiger partial charge in [-0.3, -0.25) is 10.1 Å². The number of H-pyrrole nitrogens is 1. The van der Waals surface area contributed by atoms with E-state index < -0.39 is 10.9 Å². The molecule has 0 aliphatic carbocycles. The quantitative estimate of drug-likeness (QED) is 0.527. The van der Waals surface area contributed by atoms with E-state index in [2.05, 4.69) is 4.98 Å². The SMILES string of the molecule is CCOC(=O)c1[nH]c2cccc(Cl)c2c1[N+](=O)[O-]. The number of hydrogen-bond donors (Lipinski definition) is 1. The van der Waals surface area contributed by atoms with Gasteiger partial charge in [-0.2, -0.15) is 0 Å². The van der Waals surface area contributed by atoms with Crippen LogP contribution in [-0.4, -0.2) is 22.5 Å². The summed E-state index contributed by atoms with van der Waals surface area (Å²) in [6.45, 7) is 1.76. The lowest BCUT2D eigenvalue weighted by atomic mass is 10.2. The van der Waals surface area contributed by atoms with Gasteiger partial charge in [0.15, 0.2) is 0 Å². The van der Waals surface area contributed by atoms with Gasteiger partial charge < -0.3 is 9.72 Å². The van der Waals surface area contributed by atoms with Gasteiger partial charge in [0, 0.05) is 0 Å². The Balaban J connectivity index is 2.74. The molecule has 18 heavy (non-hydrogen) atoms. The normalized spacial score (nSPS) is 10.6. The molecule has 0 atom stereocenters. The van der Waals surface area contributed by atoms with Crippen molar-refractivity contribution in [3.05, 3.63) is 39.0 Å². The molecule has 7 heteroatoms. The summed E-state index contributed by atoms with van der Waals surface area (Å²) in [4.78, 5) is 24.8. The third kappa shape index (κ3) is 1.91. The molecule has 0 fully saturated rings. The Kier molecular flexibility index (Phi) is 3.20. The second-order valence-corrected chi connectivity index (χ2v) is 3.90. The third-order valence-corrected chi connectivity index (χ3v) is 2.72. The van der Waals surface area contributed by atoms with Crippen LogP contribution in [-0.2, 0) is 4.74 Å². The molecule has 6 nitrogen and oxygen atoms in total. The zero-order chi connectivity index (χ0) is 13.3. The van der Waals surface area contributed by atoms with Crippen LogP contribution in [0, 0.1) is 10.1 Å². The Bertz CT molecular complexity index is 635. The van der Waals surface area contributed by atoms with E-state index in [4.69, 9.17) is 16.3 Å². The monoisotopic (exact) mass is 268 g/mol. The van der Waals surface area contributed by atoms with Crippen molar-refractivity contribution >= 4 is 34.2 Å². The maximum Gasteiger partial charge on any atom is 0.362 e. The van der Waals surface area contributed by atoms with E-state index in [1.807, 2.05) is 0 Å². The maximum absolute atomic E-state index is 11.6. The molecular formula is C11H9ClN2O4. The topological polar surface area (TPSA) is 85.2 Å². The number of aromatic nitrogens is 1. The number of carbonyl (C=O) groups is 1. The van der Waals surface area contributed by atoms with E-state index in [0.29, 0.717) is 5.52 Å². The number of nitro groups is 1. The van der Waals surface area contributed by atoms with Gasteiger partial charge in [-0.1, -0.05) is 17.7 Å². The number of nitrogens with zero attached hydrogens (tertiary/aromatic N) is 1. The molecule has 2 aromatic rings.